The van der Waals surface area contributed by atoms with Crippen LogP contribution >= 0.6 is 34.5 Å². The van der Waals surface area contributed by atoms with Crippen LogP contribution in [0.15, 0.2) is 154 Å². The Bertz CT molecular complexity index is 2770. The summed E-state index contributed by atoms with van der Waals surface area (Å²) >= 11 is 13.1. The maximum Gasteiger partial charge on any atom is 0.272 e. The zero-order chi connectivity index (χ0) is 41.5. The van der Waals surface area contributed by atoms with E-state index in [1.54, 1.807) is 78.9 Å². The number of carbonyl (C=O) groups is 2. The quantitative estimate of drug-likeness (QED) is 0.0946. The van der Waals surface area contributed by atoms with Gasteiger partial charge >= 0.3 is 0 Å². The lowest BCUT2D eigenvalue weighted by atomic mass is 10.0. The van der Waals surface area contributed by atoms with E-state index in [1.165, 1.54) is 61.3 Å². The lowest BCUT2D eigenvalue weighted by Gasteiger charge is -2.14. The number of sulfonamides is 2. The van der Waals surface area contributed by atoms with Crippen molar-refractivity contribution in [2.24, 2.45) is 0 Å². The fourth-order valence-electron chi connectivity index (χ4n) is 5.36. The molecule has 3 aromatic heterocycles. The Labute approximate surface area is 349 Å². The average molecular weight is 875 g/mol. The van der Waals surface area contributed by atoms with Gasteiger partial charge in [0.05, 0.1) is 32.2 Å². The van der Waals surface area contributed by atoms with E-state index in [9.17, 15) is 26.4 Å². The van der Waals surface area contributed by atoms with Gasteiger partial charge < -0.3 is 9.73 Å². The van der Waals surface area contributed by atoms with Gasteiger partial charge in [-0.2, -0.15) is 0 Å². The normalized spacial score (nSPS) is 11.3. The molecule has 0 aliphatic rings. The Kier molecular flexibility index (Phi) is 13.1. The second kappa shape index (κ2) is 18.2. The third-order valence-corrected chi connectivity index (χ3v) is 12.8. The lowest BCUT2D eigenvalue weighted by Crippen LogP contribution is -2.16. The molecule has 12 nitrogen and oxygen atoms in total. The van der Waals surface area contributed by atoms with Gasteiger partial charge in [-0.05, 0) is 74.5 Å². The predicted octanol–water partition coefficient (Wildman–Crippen LogP) is 9.68. The van der Waals surface area contributed by atoms with Crippen molar-refractivity contribution < 1.29 is 30.8 Å². The average Bonchev–Trinajstić information content (AvgIpc) is 3.94. The smallest absolute Gasteiger partial charge is 0.272 e. The third-order valence-electron chi connectivity index (χ3n) is 8.01. The highest BCUT2D eigenvalue weighted by atomic mass is 35.5. The Hall–Kier alpha value is -5.84. The Morgan fingerprint density at radius 2 is 1.31 bits per heavy atom. The highest BCUT2D eigenvalue weighted by Crippen LogP contribution is 2.32. The summed E-state index contributed by atoms with van der Waals surface area (Å²) in [5.41, 5.74) is 2.07. The summed E-state index contributed by atoms with van der Waals surface area (Å²) in [6.07, 6.45) is 4.03. The van der Waals surface area contributed by atoms with E-state index < -0.39 is 25.8 Å². The first-order valence-corrected chi connectivity index (χ1v) is 21.8. The first-order valence-electron chi connectivity index (χ1n) is 17.3. The van der Waals surface area contributed by atoms with Gasteiger partial charge in [0.1, 0.15) is 4.21 Å². The SMILES string of the molecule is CC(C)Nc1ccc(S(=O)(=O)Nc2ccc(Cl)cc2C(=O)c2ccccc2)cc1.O=C(c1ccccc1)c1cc(Cl)cnc1NS(=O)(=O)c1ccc(-c2cnco2)s1. The number of rotatable bonds is 13. The van der Waals surface area contributed by atoms with Gasteiger partial charge in [0.25, 0.3) is 20.0 Å². The number of ketones is 2. The molecule has 0 aliphatic carbocycles. The molecule has 0 fully saturated rings. The third kappa shape index (κ3) is 10.4. The van der Waals surface area contributed by atoms with Crippen molar-refractivity contribution in [3.05, 3.63) is 172 Å². The summed E-state index contributed by atoms with van der Waals surface area (Å²) in [5.74, 6) is -0.354. The number of nitrogens with zero attached hydrogens (tertiary/aromatic N) is 2. The van der Waals surface area contributed by atoms with Gasteiger partial charge in [-0.25, -0.2) is 26.8 Å². The summed E-state index contributed by atoms with van der Waals surface area (Å²) in [4.78, 5) is 34.3. The van der Waals surface area contributed by atoms with Crippen LogP contribution in [-0.4, -0.2) is 44.4 Å². The van der Waals surface area contributed by atoms with E-state index in [1.807, 2.05) is 13.8 Å². The topological polar surface area (TPSA) is 177 Å². The fourth-order valence-corrected chi connectivity index (χ4v) is 9.05. The number of aromatic nitrogens is 2. The molecule has 4 aromatic carbocycles. The number of pyridine rings is 1. The van der Waals surface area contributed by atoms with Crippen molar-refractivity contribution in [3.8, 4) is 10.6 Å². The highest BCUT2D eigenvalue weighted by molar-refractivity contribution is 7.94. The molecule has 7 rings (SSSR count). The molecule has 0 spiro atoms. The van der Waals surface area contributed by atoms with Gasteiger partial charge in [0.15, 0.2) is 29.5 Å². The monoisotopic (exact) mass is 873 g/mol. The molecule has 0 unspecified atom stereocenters. The Morgan fingerprint density at radius 1 is 0.690 bits per heavy atom. The second-order valence-corrected chi connectivity index (χ2v) is 18.2. The van der Waals surface area contributed by atoms with Crippen molar-refractivity contribution in [3.63, 3.8) is 0 Å². The summed E-state index contributed by atoms with van der Waals surface area (Å²) in [7, 11) is -7.87. The minimum atomic E-state index is -3.99. The Balaban J connectivity index is 0.000000196. The number of benzene rings is 4. The Morgan fingerprint density at radius 3 is 1.91 bits per heavy atom. The predicted molar refractivity (Wildman–Crippen MR) is 227 cm³/mol. The number of hydrogen-bond donors (Lipinski definition) is 3. The van der Waals surface area contributed by atoms with E-state index in [4.69, 9.17) is 27.6 Å². The van der Waals surface area contributed by atoms with Crippen LogP contribution in [0.1, 0.15) is 45.7 Å². The molecule has 296 valence electrons. The van der Waals surface area contributed by atoms with Crippen LogP contribution in [-0.2, 0) is 20.0 Å². The van der Waals surface area contributed by atoms with Crippen molar-refractivity contribution in [2.75, 3.05) is 14.8 Å². The number of carbonyl (C=O) groups excluding carboxylic acids is 2. The maximum absolute atomic E-state index is 12.9. The summed E-state index contributed by atoms with van der Waals surface area (Å²) in [5, 5.41) is 3.77. The second-order valence-electron chi connectivity index (χ2n) is 12.6. The van der Waals surface area contributed by atoms with Gasteiger partial charge in [-0.1, -0.05) is 83.9 Å². The number of anilines is 3. The highest BCUT2D eigenvalue weighted by Gasteiger charge is 2.24. The minimum Gasteiger partial charge on any atom is -0.443 e. The van der Waals surface area contributed by atoms with Crippen LogP contribution in [0, 0.1) is 0 Å². The van der Waals surface area contributed by atoms with Crippen LogP contribution < -0.4 is 14.8 Å². The van der Waals surface area contributed by atoms with E-state index in [-0.39, 0.29) is 48.6 Å². The molecule has 58 heavy (non-hydrogen) atoms. The molecule has 17 heteroatoms. The van der Waals surface area contributed by atoms with Crippen LogP contribution in [0.5, 0.6) is 0 Å². The number of halogens is 2. The van der Waals surface area contributed by atoms with E-state index >= 15 is 0 Å². The molecule has 0 saturated carbocycles. The molecule has 0 atom stereocenters. The summed E-state index contributed by atoms with van der Waals surface area (Å²) in [6.45, 7) is 4.00. The molecule has 0 amide bonds. The first-order chi connectivity index (χ1) is 27.7. The summed E-state index contributed by atoms with van der Waals surface area (Å²) < 4.78 is 61.5. The maximum atomic E-state index is 12.9. The molecule has 7 aromatic rings. The molecule has 0 radical (unpaired) electrons. The minimum absolute atomic E-state index is 0.0405. The van der Waals surface area contributed by atoms with Gasteiger partial charge in [-0.15, -0.1) is 11.3 Å². The van der Waals surface area contributed by atoms with Crippen LogP contribution in [0.2, 0.25) is 10.0 Å². The van der Waals surface area contributed by atoms with Crippen molar-refractivity contribution in [1.29, 1.82) is 0 Å². The molecule has 0 aliphatic heterocycles. The molecular formula is C41H33Cl2N5O7S3. The zero-order valence-corrected chi connectivity index (χ0v) is 34.6. The van der Waals surface area contributed by atoms with Crippen LogP contribution in [0.3, 0.4) is 0 Å². The molecular weight excluding hydrogens is 842 g/mol. The molecule has 3 heterocycles. The fraction of sp³-hybridized carbons (Fsp3) is 0.0732. The lowest BCUT2D eigenvalue weighted by molar-refractivity contribution is 0.103. The molecule has 3 N–H and O–H groups in total. The van der Waals surface area contributed by atoms with Crippen molar-refractivity contribution in [1.82, 2.24) is 9.97 Å². The van der Waals surface area contributed by atoms with E-state index in [0.717, 1.165) is 17.0 Å². The number of nitrogens with one attached hydrogen (secondary N) is 3. The van der Waals surface area contributed by atoms with Crippen molar-refractivity contribution in [2.45, 2.75) is 29.0 Å². The number of hydrogen-bond acceptors (Lipinski definition) is 11. The van der Waals surface area contributed by atoms with Gasteiger partial charge in [0, 0.05) is 39.6 Å². The zero-order valence-electron chi connectivity index (χ0n) is 30.6. The number of oxazole rings is 1. The van der Waals surface area contributed by atoms with Gasteiger partial charge in [-0.3, -0.25) is 19.0 Å². The summed E-state index contributed by atoms with van der Waals surface area (Å²) in [6, 6.07) is 32.7. The van der Waals surface area contributed by atoms with Crippen LogP contribution in [0.4, 0.5) is 17.2 Å². The van der Waals surface area contributed by atoms with E-state index in [0.29, 0.717) is 26.8 Å². The van der Waals surface area contributed by atoms with Gasteiger partial charge in [0.2, 0.25) is 0 Å². The first kappa shape index (κ1) is 41.8. The standard InChI is InChI=1S/C22H21ClN2O3S.C19H12ClN3O4S2/c1-15(2)24-18-9-11-19(12-10-18)29(27,28)25-21-13-8-17(23)14-20(21)22(26)16-6-4-3-5-7-16;20-13-8-14(18(24)12-4-2-1-3-5-12)19(22-9-13)23-29(25,26)17-7-6-16(28-17)15-10-21-11-27-15/h3-15,24-25H,1-2H3;1-11H,(H,22,23). The number of thiophene rings is 1. The van der Waals surface area contributed by atoms with E-state index in [2.05, 4.69) is 24.7 Å². The molecule has 0 bridgehead atoms. The van der Waals surface area contributed by atoms with Crippen LogP contribution in [0.25, 0.3) is 10.6 Å². The van der Waals surface area contributed by atoms with Crippen molar-refractivity contribution >= 4 is 83.3 Å². The molecule has 0 saturated heterocycles. The largest absolute Gasteiger partial charge is 0.443 e.